The van der Waals surface area contributed by atoms with Gasteiger partial charge in [0.25, 0.3) is 5.91 Å². The number of hydrogen-bond acceptors (Lipinski definition) is 5. The van der Waals surface area contributed by atoms with Crippen LogP contribution in [0, 0.1) is 0 Å². The van der Waals surface area contributed by atoms with Gasteiger partial charge in [-0.25, -0.2) is 0 Å². The van der Waals surface area contributed by atoms with Crippen molar-refractivity contribution in [2.75, 3.05) is 25.6 Å². The number of methoxy groups -OCH3 is 1. The molecule has 0 fully saturated rings. The summed E-state index contributed by atoms with van der Waals surface area (Å²) in [5.41, 5.74) is 7.37. The summed E-state index contributed by atoms with van der Waals surface area (Å²) in [6, 6.07) is 10.5. The number of benzene rings is 1. The predicted octanol–water partition coefficient (Wildman–Crippen LogP) is 1.82. The van der Waals surface area contributed by atoms with Crippen LogP contribution in [0.4, 0.5) is 5.69 Å². The number of hydrogen-bond donors (Lipinski definition) is 2. The van der Waals surface area contributed by atoms with E-state index in [1.54, 1.807) is 37.6 Å². The molecule has 22 heavy (non-hydrogen) atoms. The Morgan fingerprint density at radius 3 is 2.91 bits per heavy atom. The van der Waals surface area contributed by atoms with E-state index < -0.39 is 0 Å². The highest BCUT2D eigenvalue weighted by Gasteiger charge is 2.07. The number of aromatic nitrogens is 1. The SMILES string of the molecule is COCCOc1cccc(NC(=O)c2ccnc(CN)c2)c1. The molecular formula is C16H19N3O3. The molecule has 0 atom stereocenters. The first-order valence-corrected chi connectivity index (χ1v) is 6.91. The second-order valence-electron chi connectivity index (χ2n) is 4.56. The molecule has 3 N–H and O–H groups in total. The zero-order valence-electron chi connectivity index (χ0n) is 12.4. The Kier molecular flexibility index (Phi) is 5.88. The molecule has 6 heteroatoms. The number of anilines is 1. The van der Waals surface area contributed by atoms with E-state index in [1.807, 2.05) is 12.1 Å². The summed E-state index contributed by atoms with van der Waals surface area (Å²) in [6.45, 7) is 1.26. The van der Waals surface area contributed by atoms with Crippen molar-refractivity contribution in [1.29, 1.82) is 0 Å². The topological polar surface area (TPSA) is 86.5 Å². The molecule has 6 nitrogen and oxygen atoms in total. The minimum atomic E-state index is -0.217. The quantitative estimate of drug-likeness (QED) is 0.762. The van der Waals surface area contributed by atoms with E-state index >= 15 is 0 Å². The van der Waals surface area contributed by atoms with Gasteiger partial charge < -0.3 is 20.5 Å². The average molecular weight is 301 g/mol. The lowest BCUT2D eigenvalue weighted by atomic mass is 10.2. The Balaban J connectivity index is 2.03. The van der Waals surface area contributed by atoms with Crippen LogP contribution in [0.1, 0.15) is 16.1 Å². The van der Waals surface area contributed by atoms with Gasteiger partial charge in [0.15, 0.2) is 0 Å². The molecule has 0 bridgehead atoms. The van der Waals surface area contributed by atoms with Crippen LogP contribution in [0.15, 0.2) is 42.6 Å². The summed E-state index contributed by atoms with van der Waals surface area (Å²) in [4.78, 5) is 16.3. The van der Waals surface area contributed by atoms with Crippen LogP contribution in [0.5, 0.6) is 5.75 Å². The molecule has 0 saturated heterocycles. The van der Waals surface area contributed by atoms with Crippen LogP contribution >= 0.6 is 0 Å². The molecule has 1 heterocycles. The van der Waals surface area contributed by atoms with Crippen LogP contribution in [-0.2, 0) is 11.3 Å². The fourth-order valence-corrected chi connectivity index (χ4v) is 1.84. The molecule has 0 unspecified atom stereocenters. The van der Waals surface area contributed by atoms with Gasteiger partial charge in [-0.2, -0.15) is 0 Å². The van der Waals surface area contributed by atoms with Crippen molar-refractivity contribution < 1.29 is 14.3 Å². The maximum atomic E-state index is 12.2. The van der Waals surface area contributed by atoms with Gasteiger partial charge in [0.05, 0.1) is 12.3 Å². The summed E-state index contributed by atoms with van der Waals surface area (Å²) in [7, 11) is 1.62. The van der Waals surface area contributed by atoms with Gasteiger partial charge in [-0.05, 0) is 24.3 Å². The van der Waals surface area contributed by atoms with Crippen LogP contribution in [-0.4, -0.2) is 31.2 Å². The van der Waals surface area contributed by atoms with Gasteiger partial charge in [-0.15, -0.1) is 0 Å². The van der Waals surface area contributed by atoms with Crippen molar-refractivity contribution in [2.24, 2.45) is 5.73 Å². The lowest BCUT2D eigenvalue weighted by Gasteiger charge is -2.09. The number of rotatable bonds is 7. The van der Waals surface area contributed by atoms with Crippen LogP contribution in [0.3, 0.4) is 0 Å². The van der Waals surface area contributed by atoms with E-state index in [0.29, 0.717) is 42.5 Å². The number of ether oxygens (including phenoxy) is 2. The van der Waals surface area contributed by atoms with E-state index in [4.69, 9.17) is 15.2 Å². The number of carbonyl (C=O) groups is 1. The largest absolute Gasteiger partial charge is 0.491 e. The average Bonchev–Trinajstić information content (AvgIpc) is 2.55. The van der Waals surface area contributed by atoms with E-state index in [1.165, 1.54) is 0 Å². The molecule has 2 aromatic rings. The summed E-state index contributed by atoms with van der Waals surface area (Å²) in [6.07, 6.45) is 1.57. The maximum Gasteiger partial charge on any atom is 0.255 e. The van der Waals surface area contributed by atoms with E-state index in [0.717, 1.165) is 0 Å². The minimum Gasteiger partial charge on any atom is -0.491 e. The summed E-state index contributed by atoms with van der Waals surface area (Å²) in [5.74, 6) is 0.457. The van der Waals surface area contributed by atoms with Crippen molar-refractivity contribution in [3.05, 3.63) is 53.9 Å². The smallest absolute Gasteiger partial charge is 0.255 e. The Morgan fingerprint density at radius 2 is 2.14 bits per heavy atom. The first-order valence-electron chi connectivity index (χ1n) is 6.91. The van der Waals surface area contributed by atoms with Gasteiger partial charge in [0, 0.05) is 37.2 Å². The molecule has 1 aromatic heterocycles. The van der Waals surface area contributed by atoms with Crippen molar-refractivity contribution in [2.45, 2.75) is 6.54 Å². The zero-order chi connectivity index (χ0) is 15.8. The zero-order valence-corrected chi connectivity index (χ0v) is 12.4. The van der Waals surface area contributed by atoms with Gasteiger partial charge in [0.2, 0.25) is 0 Å². The van der Waals surface area contributed by atoms with Gasteiger partial charge in [0.1, 0.15) is 12.4 Å². The molecule has 0 aliphatic heterocycles. The lowest BCUT2D eigenvalue weighted by molar-refractivity contribution is 0.102. The van der Waals surface area contributed by atoms with E-state index in [2.05, 4.69) is 10.3 Å². The Hall–Kier alpha value is -2.44. The van der Waals surface area contributed by atoms with Gasteiger partial charge >= 0.3 is 0 Å². The fourth-order valence-electron chi connectivity index (χ4n) is 1.84. The highest BCUT2D eigenvalue weighted by Crippen LogP contribution is 2.18. The molecule has 1 amide bonds. The van der Waals surface area contributed by atoms with Crippen LogP contribution in [0.2, 0.25) is 0 Å². The van der Waals surface area contributed by atoms with Crippen LogP contribution in [0.25, 0.3) is 0 Å². The first-order chi connectivity index (χ1) is 10.7. The molecular weight excluding hydrogens is 282 g/mol. The Labute approximate surface area is 129 Å². The second-order valence-corrected chi connectivity index (χ2v) is 4.56. The molecule has 0 aliphatic carbocycles. The number of pyridine rings is 1. The minimum absolute atomic E-state index is 0.217. The molecule has 0 aliphatic rings. The number of carbonyl (C=O) groups excluding carboxylic acids is 1. The van der Waals surface area contributed by atoms with E-state index in [9.17, 15) is 4.79 Å². The normalized spacial score (nSPS) is 10.3. The number of nitrogens with two attached hydrogens (primary N) is 1. The number of nitrogens with one attached hydrogen (secondary N) is 1. The van der Waals surface area contributed by atoms with Gasteiger partial charge in [-0.1, -0.05) is 6.07 Å². The number of nitrogens with zero attached hydrogens (tertiary/aromatic N) is 1. The van der Waals surface area contributed by atoms with Gasteiger partial charge in [-0.3, -0.25) is 9.78 Å². The maximum absolute atomic E-state index is 12.2. The molecule has 0 saturated carbocycles. The molecule has 0 spiro atoms. The summed E-state index contributed by atoms with van der Waals surface area (Å²) < 4.78 is 10.4. The molecule has 2 rings (SSSR count). The predicted molar refractivity (Wildman–Crippen MR) is 83.9 cm³/mol. The molecule has 1 aromatic carbocycles. The van der Waals surface area contributed by atoms with Crippen molar-refractivity contribution >= 4 is 11.6 Å². The van der Waals surface area contributed by atoms with Crippen molar-refractivity contribution in [3.8, 4) is 5.75 Å². The summed E-state index contributed by atoms with van der Waals surface area (Å²) >= 11 is 0. The van der Waals surface area contributed by atoms with E-state index in [-0.39, 0.29) is 5.91 Å². The molecule has 0 radical (unpaired) electrons. The Morgan fingerprint density at radius 1 is 1.27 bits per heavy atom. The van der Waals surface area contributed by atoms with Crippen LogP contribution < -0.4 is 15.8 Å². The third kappa shape index (κ3) is 4.54. The van der Waals surface area contributed by atoms with Crippen molar-refractivity contribution in [1.82, 2.24) is 4.98 Å². The fraction of sp³-hybridized carbons (Fsp3) is 0.250. The standard InChI is InChI=1S/C16H19N3O3/c1-21-7-8-22-15-4-2-3-13(10-15)19-16(20)12-5-6-18-14(9-12)11-17/h2-6,9-10H,7-8,11,17H2,1H3,(H,19,20). The molecule has 116 valence electrons. The lowest BCUT2D eigenvalue weighted by Crippen LogP contribution is -2.13. The number of amides is 1. The highest BCUT2D eigenvalue weighted by molar-refractivity contribution is 6.04. The summed E-state index contributed by atoms with van der Waals surface area (Å²) in [5, 5.41) is 2.82. The third-order valence-corrected chi connectivity index (χ3v) is 2.94. The van der Waals surface area contributed by atoms with Crippen molar-refractivity contribution in [3.63, 3.8) is 0 Å². The third-order valence-electron chi connectivity index (χ3n) is 2.94. The second kappa shape index (κ2) is 8.11. The first kappa shape index (κ1) is 15.9. The Bertz CT molecular complexity index is 632. The highest BCUT2D eigenvalue weighted by atomic mass is 16.5. The monoisotopic (exact) mass is 301 g/mol.